The van der Waals surface area contributed by atoms with Crippen molar-refractivity contribution in [3.8, 4) is 0 Å². The molecule has 1 fully saturated rings. The summed E-state index contributed by atoms with van der Waals surface area (Å²) < 4.78 is 5.63. The minimum atomic E-state index is 0.150. The Bertz CT molecular complexity index is 251. The smallest absolute Gasteiger partial charge is 0.223 e. The lowest BCUT2D eigenvalue weighted by Gasteiger charge is -2.37. The molecule has 5 nitrogen and oxygen atoms in total. The van der Waals surface area contributed by atoms with Crippen LogP contribution >= 0.6 is 0 Å². The summed E-state index contributed by atoms with van der Waals surface area (Å²) in [6, 6.07) is 0.169. The van der Waals surface area contributed by atoms with Crippen molar-refractivity contribution in [1.82, 2.24) is 9.80 Å². The minimum absolute atomic E-state index is 0.150. The fourth-order valence-electron chi connectivity index (χ4n) is 2.39. The zero-order valence-electron chi connectivity index (χ0n) is 11.9. The van der Waals surface area contributed by atoms with E-state index < -0.39 is 0 Å². The Morgan fingerprint density at radius 3 is 2.50 bits per heavy atom. The molecule has 18 heavy (non-hydrogen) atoms. The molecule has 0 radical (unpaired) electrons. The summed E-state index contributed by atoms with van der Waals surface area (Å²) in [7, 11) is 3.58. The first kappa shape index (κ1) is 15.4. The summed E-state index contributed by atoms with van der Waals surface area (Å²) in [5.41, 5.74) is 5.80. The van der Waals surface area contributed by atoms with Crippen molar-refractivity contribution >= 4 is 5.91 Å². The first-order valence-electron chi connectivity index (χ1n) is 6.84. The monoisotopic (exact) mass is 257 g/mol. The van der Waals surface area contributed by atoms with E-state index in [-0.39, 0.29) is 11.9 Å². The lowest BCUT2D eigenvalue weighted by atomic mass is 10.0. The summed E-state index contributed by atoms with van der Waals surface area (Å²) >= 11 is 0. The summed E-state index contributed by atoms with van der Waals surface area (Å²) in [6.45, 7) is 5.31. The SMILES string of the molecule is CCOC1CCN(C(CN)CC(=O)N(C)C)CC1. The lowest BCUT2D eigenvalue weighted by molar-refractivity contribution is -0.130. The van der Waals surface area contributed by atoms with E-state index in [9.17, 15) is 4.79 Å². The van der Waals surface area contributed by atoms with Crippen LogP contribution in [0.3, 0.4) is 0 Å². The topological polar surface area (TPSA) is 58.8 Å². The summed E-state index contributed by atoms with van der Waals surface area (Å²) in [6.07, 6.45) is 2.98. The highest BCUT2D eigenvalue weighted by Crippen LogP contribution is 2.17. The second kappa shape index (κ2) is 7.71. The average molecular weight is 257 g/mol. The van der Waals surface area contributed by atoms with Gasteiger partial charge in [-0.25, -0.2) is 0 Å². The van der Waals surface area contributed by atoms with E-state index in [1.807, 2.05) is 6.92 Å². The van der Waals surface area contributed by atoms with Crippen LogP contribution in [0.2, 0.25) is 0 Å². The fourth-order valence-corrected chi connectivity index (χ4v) is 2.39. The van der Waals surface area contributed by atoms with Crippen LogP contribution in [0.1, 0.15) is 26.2 Å². The van der Waals surface area contributed by atoms with Crippen molar-refractivity contribution in [2.24, 2.45) is 5.73 Å². The Kier molecular flexibility index (Phi) is 6.60. The van der Waals surface area contributed by atoms with Gasteiger partial charge < -0.3 is 15.4 Å². The van der Waals surface area contributed by atoms with E-state index in [0.29, 0.717) is 19.1 Å². The predicted octanol–water partition coefficient (Wildman–Crippen LogP) is 0.293. The second-order valence-corrected chi connectivity index (χ2v) is 5.07. The Hall–Kier alpha value is -0.650. The zero-order valence-corrected chi connectivity index (χ0v) is 11.9. The Balaban J connectivity index is 2.40. The van der Waals surface area contributed by atoms with Crippen LogP contribution in [0, 0.1) is 0 Å². The maximum atomic E-state index is 11.7. The van der Waals surface area contributed by atoms with Crippen molar-refractivity contribution in [3.05, 3.63) is 0 Å². The summed E-state index contributed by atoms with van der Waals surface area (Å²) in [4.78, 5) is 15.7. The van der Waals surface area contributed by atoms with Gasteiger partial charge in [-0.2, -0.15) is 0 Å². The molecule has 1 atom stereocenters. The average Bonchev–Trinajstić information content (AvgIpc) is 2.37. The predicted molar refractivity (Wildman–Crippen MR) is 72.4 cm³/mol. The number of piperidine rings is 1. The molecule has 0 saturated carbocycles. The molecule has 1 aliphatic heterocycles. The molecule has 1 amide bonds. The second-order valence-electron chi connectivity index (χ2n) is 5.07. The molecule has 1 aliphatic rings. The number of carbonyl (C=O) groups is 1. The van der Waals surface area contributed by atoms with Gasteiger partial charge in [-0.15, -0.1) is 0 Å². The largest absolute Gasteiger partial charge is 0.378 e. The number of amides is 1. The van der Waals surface area contributed by atoms with Crippen LogP contribution < -0.4 is 5.73 Å². The third-order valence-corrected chi connectivity index (χ3v) is 3.58. The van der Waals surface area contributed by atoms with Crippen molar-refractivity contribution in [2.75, 3.05) is 40.3 Å². The number of carbonyl (C=O) groups excluding carboxylic acids is 1. The molecule has 0 aromatic carbocycles. The van der Waals surface area contributed by atoms with Crippen molar-refractivity contribution in [2.45, 2.75) is 38.3 Å². The molecule has 0 aliphatic carbocycles. The van der Waals surface area contributed by atoms with Crippen LogP contribution in [-0.2, 0) is 9.53 Å². The highest BCUT2D eigenvalue weighted by molar-refractivity contribution is 5.76. The van der Waals surface area contributed by atoms with Gasteiger partial charge in [0.15, 0.2) is 0 Å². The number of ether oxygens (including phenoxy) is 1. The van der Waals surface area contributed by atoms with Gasteiger partial charge in [0.25, 0.3) is 0 Å². The molecule has 0 aromatic heterocycles. The van der Waals surface area contributed by atoms with E-state index in [1.165, 1.54) is 0 Å². The number of nitrogens with zero attached hydrogens (tertiary/aromatic N) is 2. The van der Waals surface area contributed by atoms with Gasteiger partial charge in [0.05, 0.1) is 6.10 Å². The molecule has 1 heterocycles. The van der Waals surface area contributed by atoms with E-state index in [4.69, 9.17) is 10.5 Å². The Labute approximate surface area is 110 Å². The molecular formula is C13H27N3O2. The first-order valence-corrected chi connectivity index (χ1v) is 6.84. The molecule has 1 unspecified atom stereocenters. The molecule has 106 valence electrons. The van der Waals surface area contributed by atoms with E-state index in [2.05, 4.69) is 4.90 Å². The van der Waals surface area contributed by atoms with Gasteiger partial charge in [0.1, 0.15) is 0 Å². The number of hydrogen-bond donors (Lipinski definition) is 1. The van der Waals surface area contributed by atoms with Crippen molar-refractivity contribution < 1.29 is 9.53 Å². The van der Waals surface area contributed by atoms with Crippen LogP contribution in [0.25, 0.3) is 0 Å². The third kappa shape index (κ3) is 4.55. The van der Waals surface area contributed by atoms with E-state index in [0.717, 1.165) is 32.5 Å². The molecule has 5 heteroatoms. The van der Waals surface area contributed by atoms with Gasteiger partial charge in [-0.05, 0) is 19.8 Å². The highest BCUT2D eigenvalue weighted by Gasteiger charge is 2.26. The fraction of sp³-hybridized carbons (Fsp3) is 0.923. The first-order chi connectivity index (χ1) is 8.58. The maximum absolute atomic E-state index is 11.7. The molecule has 0 aromatic rings. The number of nitrogens with two attached hydrogens (primary N) is 1. The number of hydrogen-bond acceptors (Lipinski definition) is 4. The van der Waals surface area contributed by atoms with Gasteiger partial charge in [0, 0.05) is 52.8 Å². The zero-order chi connectivity index (χ0) is 13.5. The van der Waals surface area contributed by atoms with Crippen molar-refractivity contribution in [1.29, 1.82) is 0 Å². The van der Waals surface area contributed by atoms with E-state index >= 15 is 0 Å². The lowest BCUT2D eigenvalue weighted by Crippen LogP contribution is -2.48. The Morgan fingerprint density at radius 2 is 2.06 bits per heavy atom. The molecular weight excluding hydrogens is 230 g/mol. The van der Waals surface area contributed by atoms with Crippen LogP contribution in [0.15, 0.2) is 0 Å². The minimum Gasteiger partial charge on any atom is -0.378 e. The molecule has 0 bridgehead atoms. The Morgan fingerprint density at radius 1 is 1.44 bits per heavy atom. The van der Waals surface area contributed by atoms with Gasteiger partial charge in [-0.1, -0.05) is 0 Å². The summed E-state index contributed by atoms with van der Waals surface area (Å²) in [5, 5.41) is 0. The summed E-state index contributed by atoms with van der Waals surface area (Å²) in [5.74, 6) is 0.150. The highest BCUT2D eigenvalue weighted by atomic mass is 16.5. The van der Waals surface area contributed by atoms with Gasteiger partial charge in [0.2, 0.25) is 5.91 Å². The molecule has 1 rings (SSSR count). The van der Waals surface area contributed by atoms with Crippen molar-refractivity contribution in [3.63, 3.8) is 0 Å². The standard InChI is InChI=1S/C13H27N3O2/c1-4-18-12-5-7-16(8-6-12)11(10-14)9-13(17)15(2)3/h11-12H,4-10,14H2,1-3H3. The number of likely N-dealkylation sites (tertiary alicyclic amines) is 1. The van der Waals surface area contributed by atoms with Gasteiger partial charge in [-0.3, -0.25) is 9.69 Å². The van der Waals surface area contributed by atoms with Crippen LogP contribution in [0.4, 0.5) is 0 Å². The molecule has 2 N–H and O–H groups in total. The third-order valence-electron chi connectivity index (χ3n) is 3.58. The normalized spacial score (nSPS) is 19.8. The molecule has 1 saturated heterocycles. The molecule has 0 spiro atoms. The number of rotatable bonds is 6. The maximum Gasteiger partial charge on any atom is 0.223 e. The van der Waals surface area contributed by atoms with Crippen LogP contribution in [0.5, 0.6) is 0 Å². The van der Waals surface area contributed by atoms with Crippen LogP contribution in [-0.4, -0.2) is 68.2 Å². The van der Waals surface area contributed by atoms with E-state index in [1.54, 1.807) is 19.0 Å². The quantitative estimate of drug-likeness (QED) is 0.743. The van der Waals surface area contributed by atoms with Gasteiger partial charge >= 0.3 is 0 Å².